The van der Waals surface area contributed by atoms with Crippen LogP contribution in [-0.2, 0) is 11.2 Å². The Morgan fingerprint density at radius 3 is 2.61 bits per heavy atom. The van der Waals surface area contributed by atoms with E-state index in [1.165, 1.54) is 5.56 Å². The molecular weight excluding hydrogens is 348 g/mol. The molecule has 0 unspecified atom stereocenters. The second kappa shape index (κ2) is 10.9. The lowest BCUT2D eigenvalue weighted by molar-refractivity contribution is 0.0908. The second-order valence-electron chi connectivity index (χ2n) is 7.42. The summed E-state index contributed by atoms with van der Waals surface area (Å²) in [5.41, 5.74) is 6.51. The quantitative estimate of drug-likeness (QED) is 0.521. The summed E-state index contributed by atoms with van der Waals surface area (Å²) in [6.07, 6.45) is 3.69. The molecule has 0 fully saturated rings. The van der Waals surface area contributed by atoms with Gasteiger partial charge in [-0.05, 0) is 55.0 Å². The molecule has 0 amide bonds. The van der Waals surface area contributed by atoms with E-state index in [-0.39, 0.29) is 0 Å². The highest BCUT2D eigenvalue weighted by molar-refractivity contribution is 5.86. The fraction of sp³-hybridized carbons (Fsp3) is 0.458. The third kappa shape index (κ3) is 5.83. The summed E-state index contributed by atoms with van der Waals surface area (Å²) in [5.74, 6) is 1.33. The van der Waals surface area contributed by atoms with E-state index in [1.807, 2.05) is 13.1 Å². The van der Waals surface area contributed by atoms with Gasteiger partial charge in [-0.25, -0.2) is 4.98 Å². The first kappa shape index (κ1) is 22.0. The molecule has 28 heavy (non-hydrogen) atoms. The molecule has 2 aromatic rings. The van der Waals surface area contributed by atoms with Crippen molar-refractivity contribution >= 4 is 11.3 Å². The summed E-state index contributed by atoms with van der Waals surface area (Å²) in [6.45, 7) is 14.8. The van der Waals surface area contributed by atoms with E-state index < -0.39 is 0 Å². The summed E-state index contributed by atoms with van der Waals surface area (Å²) in [4.78, 5) is 4.46. The van der Waals surface area contributed by atoms with Crippen molar-refractivity contribution < 1.29 is 9.47 Å². The van der Waals surface area contributed by atoms with Crippen molar-refractivity contribution in [3.05, 3.63) is 59.3 Å². The van der Waals surface area contributed by atoms with E-state index in [0.29, 0.717) is 25.0 Å². The van der Waals surface area contributed by atoms with Gasteiger partial charge < -0.3 is 14.8 Å². The SMILES string of the molecule is C=C(c1cc(C)ccc1NC)c1ccnc(OCCOCCC(C)C)c1CC. The topological polar surface area (TPSA) is 43.4 Å². The zero-order chi connectivity index (χ0) is 20.5. The maximum atomic E-state index is 5.95. The molecule has 0 bridgehead atoms. The molecule has 4 nitrogen and oxygen atoms in total. The Bertz CT molecular complexity index is 784. The minimum Gasteiger partial charge on any atom is -0.475 e. The molecule has 0 radical (unpaired) electrons. The Hall–Kier alpha value is -2.33. The van der Waals surface area contributed by atoms with Crippen LogP contribution in [0.25, 0.3) is 5.57 Å². The van der Waals surface area contributed by atoms with Crippen molar-refractivity contribution in [1.82, 2.24) is 4.98 Å². The van der Waals surface area contributed by atoms with Gasteiger partial charge in [0.15, 0.2) is 0 Å². The zero-order valence-electron chi connectivity index (χ0n) is 18.0. The first-order chi connectivity index (χ1) is 13.5. The molecule has 0 atom stereocenters. The molecule has 0 aliphatic rings. The van der Waals surface area contributed by atoms with Crippen LogP contribution in [0.5, 0.6) is 5.88 Å². The van der Waals surface area contributed by atoms with Crippen molar-refractivity contribution in [2.24, 2.45) is 5.92 Å². The summed E-state index contributed by atoms with van der Waals surface area (Å²) in [5, 5.41) is 3.26. The van der Waals surface area contributed by atoms with Crippen LogP contribution in [0.1, 0.15) is 49.4 Å². The summed E-state index contributed by atoms with van der Waals surface area (Å²) in [6, 6.07) is 8.38. The van der Waals surface area contributed by atoms with Crippen molar-refractivity contribution in [1.29, 1.82) is 0 Å². The van der Waals surface area contributed by atoms with Crippen molar-refractivity contribution in [2.75, 3.05) is 32.2 Å². The summed E-state index contributed by atoms with van der Waals surface area (Å²) < 4.78 is 11.6. The minimum atomic E-state index is 0.500. The van der Waals surface area contributed by atoms with Crippen LogP contribution >= 0.6 is 0 Å². The smallest absolute Gasteiger partial charge is 0.217 e. The number of benzene rings is 1. The number of anilines is 1. The van der Waals surface area contributed by atoms with Gasteiger partial charge in [-0.1, -0.05) is 39.0 Å². The molecule has 152 valence electrons. The molecule has 0 aliphatic carbocycles. The Balaban J connectivity index is 2.15. The Kier molecular flexibility index (Phi) is 8.52. The van der Waals surface area contributed by atoms with Gasteiger partial charge in [0.2, 0.25) is 5.88 Å². The Morgan fingerprint density at radius 2 is 1.93 bits per heavy atom. The molecular formula is C24H34N2O2. The number of nitrogens with zero attached hydrogens (tertiary/aromatic N) is 1. The van der Waals surface area contributed by atoms with Gasteiger partial charge >= 0.3 is 0 Å². The number of rotatable bonds is 11. The lowest BCUT2D eigenvalue weighted by Crippen LogP contribution is -2.11. The van der Waals surface area contributed by atoms with Crippen LogP contribution in [0.4, 0.5) is 5.69 Å². The van der Waals surface area contributed by atoms with Crippen LogP contribution in [0.3, 0.4) is 0 Å². The fourth-order valence-electron chi connectivity index (χ4n) is 3.11. The van der Waals surface area contributed by atoms with Crippen molar-refractivity contribution in [3.63, 3.8) is 0 Å². The molecule has 0 aliphatic heterocycles. The number of pyridine rings is 1. The molecule has 1 aromatic heterocycles. The van der Waals surface area contributed by atoms with Gasteiger partial charge in [-0.2, -0.15) is 0 Å². The number of nitrogens with one attached hydrogen (secondary N) is 1. The average Bonchev–Trinajstić information content (AvgIpc) is 2.69. The highest BCUT2D eigenvalue weighted by Crippen LogP contribution is 2.33. The normalized spacial score (nSPS) is 10.9. The van der Waals surface area contributed by atoms with E-state index in [2.05, 4.69) is 62.8 Å². The van der Waals surface area contributed by atoms with Gasteiger partial charge in [0.05, 0.1) is 6.61 Å². The summed E-state index contributed by atoms with van der Waals surface area (Å²) >= 11 is 0. The molecule has 1 aromatic carbocycles. The van der Waals surface area contributed by atoms with Gasteiger partial charge in [0, 0.05) is 36.7 Å². The minimum absolute atomic E-state index is 0.500. The van der Waals surface area contributed by atoms with E-state index in [1.54, 1.807) is 6.20 Å². The summed E-state index contributed by atoms with van der Waals surface area (Å²) in [7, 11) is 1.93. The van der Waals surface area contributed by atoms with Crippen LogP contribution in [0, 0.1) is 12.8 Å². The largest absolute Gasteiger partial charge is 0.475 e. The van der Waals surface area contributed by atoms with Gasteiger partial charge in [0.25, 0.3) is 0 Å². The maximum Gasteiger partial charge on any atom is 0.217 e. The lowest BCUT2D eigenvalue weighted by Gasteiger charge is -2.18. The lowest BCUT2D eigenvalue weighted by atomic mass is 9.93. The van der Waals surface area contributed by atoms with Crippen molar-refractivity contribution in [2.45, 2.75) is 40.5 Å². The van der Waals surface area contributed by atoms with Crippen LogP contribution < -0.4 is 10.1 Å². The second-order valence-corrected chi connectivity index (χ2v) is 7.42. The molecule has 0 saturated carbocycles. The zero-order valence-corrected chi connectivity index (χ0v) is 18.0. The highest BCUT2D eigenvalue weighted by Gasteiger charge is 2.15. The maximum absolute atomic E-state index is 5.95. The van der Waals surface area contributed by atoms with E-state index in [4.69, 9.17) is 9.47 Å². The van der Waals surface area contributed by atoms with Crippen LogP contribution in [0.2, 0.25) is 0 Å². The number of aromatic nitrogens is 1. The van der Waals surface area contributed by atoms with E-state index in [0.717, 1.165) is 47.4 Å². The fourth-order valence-corrected chi connectivity index (χ4v) is 3.11. The number of ether oxygens (including phenoxy) is 2. The monoisotopic (exact) mass is 382 g/mol. The molecule has 1 heterocycles. The number of aryl methyl sites for hydroxylation is 1. The van der Waals surface area contributed by atoms with Crippen molar-refractivity contribution in [3.8, 4) is 5.88 Å². The Labute approximate surface area is 170 Å². The van der Waals surface area contributed by atoms with E-state index >= 15 is 0 Å². The molecule has 4 heteroatoms. The van der Waals surface area contributed by atoms with Gasteiger partial charge in [-0.3, -0.25) is 0 Å². The van der Waals surface area contributed by atoms with E-state index in [9.17, 15) is 0 Å². The number of hydrogen-bond donors (Lipinski definition) is 1. The molecule has 0 spiro atoms. The van der Waals surface area contributed by atoms with Gasteiger partial charge in [0.1, 0.15) is 6.61 Å². The number of hydrogen-bond acceptors (Lipinski definition) is 4. The predicted octanol–water partition coefficient (Wildman–Crippen LogP) is 5.50. The predicted molar refractivity (Wildman–Crippen MR) is 118 cm³/mol. The third-order valence-electron chi connectivity index (χ3n) is 4.77. The molecule has 1 N–H and O–H groups in total. The first-order valence-corrected chi connectivity index (χ1v) is 10.1. The van der Waals surface area contributed by atoms with Crippen LogP contribution in [-0.4, -0.2) is 31.9 Å². The standard InChI is InChI=1S/C24H34N2O2/c1-7-20-21(19(5)22-16-18(4)8-9-23(22)25-6)10-12-26-24(20)28-15-14-27-13-11-17(2)3/h8-10,12,16-17,25H,5,7,11,13-15H2,1-4,6H3. The van der Waals surface area contributed by atoms with Crippen LogP contribution in [0.15, 0.2) is 37.0 Å². The molecule has 0 saturated heterocycles. The average molecular weight is 383 g/mol. The third-order valence-corrected chi connectivity index (χ3v) is 4.77. The first-order valence-electron chi connectivity index (χ1n) is 10.1. The van der Waals surface area contributed by atoms with Gasteiger partial charge in [-0.15, -0.1) is 0 Å². The highest BCUT2D eigenvalue weighted by atomic mass is 16.5. The molecule has 2 rings (SSSR count). The Morgan fingerprint density at radius 1 is 1.14 bits per heavy atom.